The molecule has 2 nitrogen and oxygen atoms in total. The molecule has 0 spiro atoms. The molecule has 0 saturated carbocycles. The van der Waals surface area contributed by atoms with Crippen LogP contribution < -0.4 is 4.74 Å². The highest BCUT2D eigenvalue weighted by molar-refractivity contribution is 14.1. The van der Waals surface area contributed by atoms with E-state index in [1.54, 1.807) is 22.6 Å². The van der Waals surface area contributed by atoms with Gasteiger partial charge < -0.3 is 4.74 Å². The van der Waals surface area contributed by atoms with E-state index in [1.807, 2.05) is 0 Å². The molecule has 0 N–H and O–H groups in total. The van der Waals surface area contributed by atoms with Crippen LogP contribution in [0.3, 0.4) is 0 Å². The predicted octanol–water partition coefficient (Wildman–Crippen LogP) is 2.43. The van der Waals surface area contributed by atoms with Crippen molar-refractivity contribution in [2.45, 2.75) is 6.61 Å². The maximum atomic E-state index is 12.4. The quantitative estimate of drug-likeness (QED) is 0.616. The Bertz CT molecular complexity index is 261. The zero-order valence-corrected chi connectivity index (χ0v) is 7.76. The van der Waals surface area contributed by atoms with Gasteiger partial charge in [-0.2, -0.15) is 18.2 Å². The van der Waals surface area contributed by atoms with Crippen LogP contribution in [0.5, 0.6) is 5.88 Å². The van der Waals surface area contributed by atoms with Crippen molar-refractivity contribution in [3.8, 4) is 5.88 Å². The van der Waals surface area contributed by atoms with E-state index in [4.69, 9.17) is 0 Å². The Morgan fingerprint density at radius 1 is 1.42 bits per heavy atom. The molecule has 0 aliphatic heterocycles. The zero-order chi connectivity index (χ0) is 9.14. The van der Waals surface area contributed by atoms with Crippen LogP contribution in [0.25, 0.3) is 0 Å². The van der Waals surface area contributed by atoms with Gasteiger partial charge in [-0.25, -0.2) is 0 Å². The summed E-state index contributed by atoms with van der Waals surface area (Å²) in [7, 11) is 0. The van der Waals surface area contributed by atoms with Crippen molar-refractivity contribution in [2.24, 2.45) is 0 Å². The summed E-state index contributed by atoms with van der Waals surface area (Å²) in [5.41, 5.74) is 0. The Morgan fingerprint density at radius 3 is 2.58 bits per heavy atom. The first kappa shape index (κ1) is 9.56. The molecular weight excluding hydrogens is 286 g/mol. The lowest BCUT2D eigenvalue weighted by atomic mass is 10.5. The van der Waals surface area contributed by atoms with E-state index in [-0.39, 0.29) is 0 Å². The molecule has 0 bridgehead atoms. The first-order valence-corrected chi connectivity index (χ1v) is 3.93. The third-order valence-electron chi connectivity index (χ3n) is 0.945. The second-order valence-corrected chi connectivity index (χ2v) is 3.07. The van der Waals surface area contributed by atoms with Crippen LogP contribution >= 0.6 is 22.6 Å². The smallest absolute Gasteiger partial charge is 0.388 e. The number of aromatic nitrogens is 1. The maximum absolute atomic E-state index is 12.4. The van der Waals surface area contributed by atoms with Gasteiger partial charge in [0, 0.05) is 15.7 Å². The second kappa shape index (κ2) is 3.92. The van der Waals surface area contributed by atoms with Gasteiger partial charge in [-0.1, -0.05) is 0 Å². The molecule has 1 rings (SSSR count). The largest absolute Gasteiger partial charge is 0.417 e. The summed E-state index contributed by atoms with van der Waals surface area (Å²) in [4.78, 5) is 3.10. The molecule has 1 aromatic heterocycles. The fourth-order valence-electron chi connectivity index (χ4n) is 0.595. The molecule has 0 aliphatic rings. The Balaban J connectivity index is 2.85. The summed E-state index contributed by atoms with van der Waals surface area (Å²) >= 11 is 1.77. The van der Waals surface area contributed by atoms with Crippen LogP contribution in [0.4, 0.5) is 13.2 Å². The van der Waals surface area contributed by atoms with Crippen molar-refractivity contribution in [1.29, 1.82) is 0 Å². The molecule has 0 fully saturated rings. The summed E-state index contributed by atoms with van der Waals surface area (Å²) < 4.78 is 40.0. The minimum Gasteiger partial charge on any atom is -0.417 e. The van der Waals surface area contributed by atoms with Gasteiger partial charge >= 0.3 is 6.61 Å². The van der Waals surface area contributed by atoms with Gasteiger partial charge in [0.15, 0.2) is 0 Å². The first-order valence-electron chi connectivity index (χ1n) is 2.86. The van der Waals surface area contributed by atoms with Crippen molar-refractivity contribution in [2.75, 3.05) is 0 Å². The summed E-state index contributed by atoms with van der Waals surface area (Å²) in [6.45, 7) is -2.98. The van der Waals surface area contributed by atoms with E-state index in [0.29, 0.717) is 3.57 Å². The van der Waals surface area contributed by atoms with E-state index in [0.717, 1.165) is 6.07 Å². The van der Waals surface area contributed by atoms with Gasteiger partial charge in [-0.3, -0.25) is 0 Å². The molecule has 1 heterocycles. The van der Waals surface area contributed by atoms with Crippen molar-refractivity contribution in [3.05, 3.63) is 21.7 Å². The van der Waals surface area contributed by atoms with Crippen molar-refractivity contribution >= 4 is 22.6 Å². The standard InChI is InChI=1S/C6H3F3INO/c7-4-1-3(10)2-5(11-4)12-6(8)9/h1-2,6H. The highest BCUT2D eigenvalue weighted by Crippen LogP contribution is 2.15. The normalized spacial score (nSPS) is 10.4. The number of hydrogen-bond donors (Lipinski definition) is 0. The molecule has 0 aliphatic carbocycles. The molecule has 0 aromatic carbocycles. The number of ether oxygens (including phenoxy) is 1. The minimum atomic E-state index is -2.98. The number of hydrogen-bond acceptors (Lipinski definition) is 2. The van der Waals surface area contributed by atoms with E-state index >= 15 is 0 Å². The molecule has 0 saturated heterocycles. The molecular formula is C6H3F3INO. The number of alkyl halides is 2. The third-order valence-corrected chi connectivity index (χ3v) is 1.57. The molecule has 1 aromatic rings. The number of halogens is 4. The maximum Gasteiger partial charge on any atom is 0.388 e. The monoisotopic (exact) mass is 289 g/mol. The van der Waals surface area contributed by atoms with Crippen LogP contribution in [0.1, 0.15) is 0 Å². The minimum absolute atomic E-state index is 0.408. The van der Waals surface area contributed by atoms with Crippen LogP contribution in [-0.2, 0) is 0 Å². The number of nitrogens with zero attached hydrogens (tertiary/aromatic N) is 1. The molecule has 6 heteroatoms. The highest BCUT2D eigenvalue weighted by atomic mass is 127. The fourth-order valence-corrected chi connectivity index (χ4v) is 1.12. The van der Waals surface area contributed by atoms with Crippen molar-refractivity contribution < 1.29 is 17.9 Å². The molecule has 0 amide bonds. The molecule has 66 valence electrons. The third kappa shape index (κ3) is 2.84. The van der Waals surface area contributed by atoms with Crippen LogP contribution in [0, 0.1) is 9.52 Å². The summed E-state index contributed by atoms with van der Waals surface area (Å²) in [6, 6.07) is 2.33. The van der Waals surface area contributed by atoms with Gasteiger partial charge in [0.05, 0.1) is 0 Å². The van der Waals surface area contributed by atoms with Crippen LogP contribution in [0.15, 0.2) is 12.1 Å². The topological polar surface area (TPSA) is 22.1 Å². The molecule has 12 heavy (non-hydrogen) atoms. The lowest BCUT2D eigenvalue weighted by Crippen LogP contribution is -2.04. The Labute approximate surface area is 79.9 Å². The van der Waals surface area contributed by atoms with Crippen molar-refractivity contribution in [3.63, 3.8) is 0 Å². The van der Waals surface area contributed by atoms with Gasteiger partial charge in [0.1, 0.15) is 0 Å². The zero-order valence-electron chi connectivity index (χ0n) is 5.60. The van der Waals surface area contributed by atoms with E-state index in [2.05, 4.69) is 9.72 Å². The van der Waals surface area contributed by atoms with E-state index in [1.165, 1.54) is 6.07 Å². The van der Waals surface area contributed by atoms with Gasteiger partial charge in [0.2, 0.25) is 11.8 Å². The predicted molar refractivity (Wildman–Crippen MR) is 43.5 cm³/mol. The number of rotatable bonds is 2. The van der Waals surface area contributed by atoms with Gasteiger partial charge in [-0.15, -0.1) is 0 Å². The van der Waals surface area contributed by atoms with E-state index in [9.17, 15) is 13.2 Å². The van der Waals surface area contributed by atoms with Crippen molar-refractivity contribution in [1.82, 2.24) is 4.98 Å². The lowest BCUT2D eigenvalue weighted by Gasteiger charge is -2.02. The first-order chi connectivity index (χ1) is 5.58. The number of pyridine rings is 1. The average Bonchev–Trinajstić information content (AvgIpc) is 1.81. The highest BCUT2D eigenvalue weighted by Gasteiger charge is 2.07. The summed E-state index contributed by atoms with van der Waals surface area (Å²) in [5.74, 6) is -1.24. The van der Waals surface area contributed by atoms with Crippen LogP contribution in [0.2, 0.25) is 0 Å². The summed E-state index contributed by atoms with van der Waals surface area (Å²) in [5, 5.41) is 0. The Morgan fingerprint density at radius 2 is 2.08 bits per heavy atom. The van der Waals surface area contributed by atoms with Crippen LogP contribution in [-0.4, -0.2) is 11.6 Å². The Hall–Kier alpha value is -0.530. The van der Waals surface area contributed by atoms with Gasteiger partial charge in [-0.05, 0) is 22.6 Å². The Kier molecular flexibility index (Phi) is 3.12. The molecule has 0 unspecified atom stereocenters. The lowest BCUT2D eigenvalue weighted by molar-refractivity contribution is -0.0532. The molecule has 0 radical (unpaired) electrons. The second-order valence-electron chi connectivity index (χ2n) is 1.82. The van der Waals surface area contributed by atoms with E-state index < -0.39 is 18.4 Å². The van der Waals surface area contributed by atoms with Gasteiger partial charge in [0.25, 0.3) is 0 Å². The average molecular weight is 289 g/mol. The summed E-state index contributed by atoms with van der Waals surface area (Å²) in [6.07, 6.45) is 0. The molecule has 0 atom stereocenters. The SMILES string of the molecule is Fc1cc(I)cc(OC(F)F)n1. The fraction of sp³-hybridized carbons (Fsp3) is 0.167.